The third-order valence-corrected chi connectivity index (χ3v) is 3.23. The van der Waals surface area contributed by atoms with Crippen LogP contribution in [0.3, 0.4) is 0 Å². The highest BCUT2D eigenvalue weighted by atomic mass is 79.9. The zero-order valence-corrected chi connectivity index (χ0v) is 13.6. The number of ether oxygens (including phenoxy) is 1. The molecule has 0 bridgehead atoms. The molecule has 112 valence electrons. The normalized spacial score (nSPS) is 10.3. The summed E-state index contributed by atoms with van der Waals surface area (Å²) in [6.45, 7) is 2.08. The number of nitrogens with zero attached hydrogens (tertiary/aromatic N) is 2. The summed E-state index contributed by atoms with van der Waals surface area (Å²) in [7, 11) is 1.63. The highest BCUT2D eigenvalue weighted by Gasteiger charge is 2.06. The van der Waals surface area contributed by atoms with Crippen LogP contribution in [0, 0.1) is 0 Å². The standard InChI is InChI=1S/C14H18BrN5O/c1-3-4-12-18-13(8-14(19-12)20-16)17-10-5-9(15)6-11(7-10)21-2/h5-8H,3-4,16H2,1-2H3,(H2,17,18,19,20). The molecule has 0 saturated carbocycles. The predicted octanol–water partition coefficient (Wildman–Crippen LogP) is 3.23. The summed E-state index contributed by atoms with van der Waals surface area (Å²) in [5.74, 6) is 8.22. The Bertz CT molecular complexity index is 620. The minimum Gasteiger partial charge on any atom is -0.497 e. The van der Waals surface area contributed by atoms with Crippen LogP contribution in [0.2, 0.25) is 0 Å². The maximum atomic E-state index is 5.45. The van der Waals surface area contributed by atoms with Crippen LogP contribution in [-0.4, -0.2) is 17.1 Å². The van der Waals surface area contributed by atoms with Gasteiger partial charge in [0.05, 0.1) is 7.11 Å². The molecule has 1 aromatic heterocycles. The summed E-state index contributed by atoms with van der Waals surface area (Å²) in [5, 5.41) is 3.24. The average Bonchev–Trinajstić information content (AvgIpc) is 2.46. The first-order chi connectivity index (χ1) is 10.1. The predicted molar refractivity (Wildman–Crippen MR) is 87.8 cm³/mol. The molecule has 0 fully saturated rings. The molecule has 0 saturated heterocycles. The van der Waals surface area contributed by atoms with Gasteiger partial charge in [-0.2, -0.15) is 0 Å². The molecule has 4 N–H and O–H groups in total. The summed E-state index contributed by atoms with van der Waals surface area (Å²) in [5.41, 5.74) is 3.43. The molecule has 0 aliphatic rings. The molecule has 6 nitrogen and oxygen atoms in total. The number of aromatic nitrogens is 2. The van der Waals surface area contributed by atoms with Gasteiger partial charge in [-0.15, -0.1) is 0 Å². The number of aryl methyl sites for hydroxylation is 1. The Morgan fingerprint density at radius 1 is 1.19 bits per heavy atom. The Hall–Kier alpha value is -1.86. The maximum Gasteiger partial charge on any atom is 0.145 e. The fourth-order valence-electron chi connectivity index (χ4n) is 1.87. The van der Waals surface area contributed by atoms with E-state index in [1.807, 2.05) is 18.2 Å². The van der Waals surface area contributed by atoms with Crippen molar-refractivity contribution >= 4 is 33.3 Å². The first kappa shape index (κ1) is 15.5. The van der Waals surface area contributed by atoms with Crippen LogP contribution in [0.1, 0.15) is 19.2 Å². The fraction of sp³-hybridized carbons (Fsp3) is 0.286. The van der Waals surface area contributed by atoms with Gasteiger partial charge < -0.3 is 15.5 Å². The number of benzene rings is 1. The van der Waals surface area contributed by atoms with E-state index in [4.69, 9.17) is 10.6 Å². The number of nitrogens with one attached hydrogen (secondary N) is 2. The number of hydrazine groups is 1. The molecule has 1 heterocycles. The van der Waals surface area contributed by atoms with Gasteiger partial charge in [-0.25, -0.2) is 15.8 Å². The van der Waals surface area contributed by atoms with Crippen molar-refractivity contribution in [3.05, 3.63) is 34.6 Å². The number of nitrogen functional groups attached to an aromatic ring is 1. The summed E-state index contributed by atoms with van der Waals surface area (Å²) in [6.07, 6.45) is 1.77. The lowest BCUT2D eigenvalue weighted by Gasteiger charge is -2.11. The van der Waals surface area contributed by atoms with Crippen LogP contribution in [-0.2, 0) is 6.42 Å². The van der Waals surface area contributed by atoms with Crippen LogP contribution in [0.5, 0.6) is 5.75 Å². The summed E-state index contributed by atoms with van der Waals surface area (Å²) in [6, 6.07) is 7.48. The highest BCUT2D eigenvalue weighted by molar-refractivity contribution is 9.10. The molecule has 2 aromatic rings. The van der Waals surface area contributed by atoms with Crippen molar-refractivity contribution < 1.29 is 4.74 Å². The van der Waals surface area contributed by atoms with Gasteiger partial charge in [0.2, 0.25) is 0 Å². The zero-order valence-electron chi connectivity index (χ0n) is 12.0. The monoisotopic (exact) mass is 351 g/mol. The van der Waals surface area contributed by atoms with Gasteiger partial charge >= 0.3 is 0 Å². The van der Waals surface area contributed by atoms with Crippen molar-refractivity contribution in [3.63, 3.8) is 0 Å². The second-order valence-electron chi connectivity index (χ2n) is 4.45. The molecule has 0 amide bonds. The lowest BCUT2D eigenvalue weighted by molar-refractivity contribution is 0.415. The molecule has 2 rings (SSSR count). The van der Waals surface area contributed by atoms with Crippen LogP contribution in [0.25, 0.3) is 0 Å². The molecule has 7 heteroatoms. The first-order valence-electron chi connectivity index (χ1n) is 6.60. The molecule has 0 atom stereocenters. The Morgan fingerprint density at radius 2 is 1.95 bits per heavy atom. The topological polar surface area (TPSA) is 85.1 Å². The number of halogens is 1. The molecule has 1 aromatic carbocycles. The Balaban J connectivity index is 2.29. The minimum absolute atomic E-state index is 0.581. The van der Waals surface area contributed by atoms with Gasteiger partial charge in [0.1, 0.15) is 23.2 Å². The number of methoxy groups -OCH3 is 1. The molecule has 0 aliphatic carbocycles. The van der Waals surface area contributed by atoms with E-state index in [0.717, 1.165) is 34.6 Å². The molecule has 0 spiro atoms. The van der Waals surface area contributed by atoms with E-state index in [0.29, 0.717) is 11.6 Å². The van der Waals surface area contributed by atoms with Crippen molar-refractivity contribution in [2.24, 2.45) is 5.84 Å². The van der Waals surface area contributed by atoms with Crippen molar-refractivity contribution in [2.45, 2.75) is 19.8 Å². The van der Waals surface area contributed by atoms with Gasteiger partial charge in [-0.3, -0.25) is 0 Å². The molecule has 0 unspecified atom stereocenters. The van der Waals surface area contributed by atoms with Crippen molar-refractivity contribution in [1.29, 1.82) is 0 Å². The van der Waals surface area contributed by atoms with Gasteiger partial charge in [0, 0.05) is 28.7 Å². The third kappa shape index (κ3) is 4.30. The maximum absolute atomic E-state index is 5.45. The summed E-state index contributed by atoms with van der Waals surface area (Å²) < 4.78 is 6.17. The van der Waals surface area contributed by atoms with Crippen molar-refractivity contribution in [1.82, 2.24) is 9.97 Å². The highest BCUT2D eigenvalue weighted by Crippen LogP contribution is 2.27. The van der Waals surface area contributed by atoms with E-state index < -0.39 is 0 Å². The second kappa shape index (κ2) is 7.24. The van der Waals surface area contributed by atoms with Gasteiger partial charge in [-0.05, 0) is 18.6 Å². The lowest BCUT2D eigenvalue weighted by atomic mass is 10.3. The molecular weight excluding hydrogens is 334 g/mol. The summed E-state index contributed by atoms with van der Waals surface area (Å²) >= 11 is 3.45. The zero-order chi connectivity index (χ0) is 15.2. The van der Waals surface area contributed by atoms with E-state index in [9.17, 15) is 0 Å². The van der Waals surface area contributed by atoms with Crippen LogP contribution < -0.4 is 21.3 Å². The molecular formula is C14H18BrN5O. The average molecular weight is 352 g/mol. The summed E-state index contributed by atoms with van der Waals surface area (Å²) in [4.78, 5) is 8.79. The van der Waals surface area contributed by atoms with Gasteiger partial charge in [-0.1, -0.05) is 22.9 Å². The van der Waals surface area contributed by atoms with Gasteiger partial charge in [0.15, 0.2) is 0 Å². The minimum atomic E-state index is 0.581. The number of rotatable bonds is 6. The number of anilines is 3. The van der Waals surface area contributed by atoms with Crippen LogP contribution in [0.15, 0.2) is 28.7 Å². The number of hydrogen-bond donors (Lipinski definition) is 3. The lowest BCUT2D eigenvalue weighted by Crippen LogP contribution is -2.11. The molecule has 21 heavy (non-hydrogen) atoms. The van der Waals surface area contributed by atoms with E-state index in [-0.39, 0.29) is 0 Å². The van der Waals surface area contributed by atoms with Crippen molar-refractivity contribution in [2.75, 3.05) is 17.9 Å². The Labute approximate surface area is 132 Å². The van der Waals surface area contributed by atoms with E-state index >= 15 is 0 Å². The Morgan fingerprint density at radius 3 is 2.62 bits per heavy atom. The largest absolute Gasteiger partial charge is 0.497 e. The van der Waals surface area contributed by atoms with E-state index in [1.165, 1.54) is 0 Å². The quantitative estimate of drug-likeness (QED) is 0.547. The van der Waals surface area contributed by atoms with Gasteiger partial charge in [0.25, 0.3) is 0 Å². The van der Waals surface area contributed by atoms with E-state index in [2.05, 4.69) is 43.6 Å². The smallest absolute Gasteiger partial charge is 0.145 e. The number of hydrogen-bond acceptors (Lipinski definition) is 6. The molecule has 0 radical (unpaired) electrons. The Kier molecular flexibility index (Phi) is 5.35. The third-order valence-electron chi connectivity index (χ3n) is 2.77. The first-order valence-corrected chi connectivity index (χ1v) is 7.40. The fourth-order valence-corrected chi connectivity index (χ4v) is 2.34. The van der Waals surface area contributed by atoms with Crippen molar-refractivity contribution in [3.8, 4) is 5.75 Å². The molecule has 0 aliphatic heterocycles. The second-order valence-corrected chi connectivity index (χ2v) is 5.37. The van der Waals surface area contributed by atoms with E-state index in [1.54, 1.807) is 13.2 Å². The van der Waals surface area contributed by atoms with Crippen LogP contribution in [0.4, 0.5) is 17.3 Å². The van der Waals surface area contributed by atoms with Crippen LogP contribution >= 0.6 is 15.9 Å². The SMILES string of the molecule is CCCc1nc(NN)cc(Nc2cc(Br)cc(OC)c2)n1. The number of nitrogens with two attached hydrogens (primary N) is 1.